The minimum atomic E-state index is -0.847. The highest BCUT2D eigenvalue weighted by Crippen LogP contribution is 2.19. The van der Waals surface area contributed by atoms with Crippen LogP contribution < -0.4 is 15.4 Å². The van der Waals surface area contributed by atoms with E-state index in [1.54, 1.807) is 29.2 Å². The zero-order chi connectivity index (χ0) is 29.3. The summed E-state index contributed by atoms with van der Waals surface area (Å²) in [5, 5.41) is 5.59. The number of para-hydroxylation sites is 1. The summed E-state index contributed by atoms with van der Waals surface area (Å²) in [6.45, 7) is 3.69. The van der Waals surface area contributed by atoms with Gasteiger partial charge in [0.2, 0.25) is 5.91 Å². The predicted molar refractivity (Wildman–Crippen MR) is 164 cm³/mol. The number of benzene rings is 2. The minimum Gasteiger partial charge on any atom is -0.492 e. The molecule has 3 rings (SSSR count). The van der Waals surface area contributed by atoms with Crippen molar-refractivity contribution in [3.63, 3.8) is 0 Å². The molecule has 41 heavy (non-hydrogen) atoms. The zero-order valence-electron chi connectivity index (χ0n) is 24.1. The Balaban J connectivity index is 1.47. The molecule has 0 saturated carbocycles. The van der Waals surface area contributed by atoms with Crippen molar-refractivity contribution in [3.05, 3.63) is 65.7 Å². The molecule has 2 amide bonds. The Morgan fingerprint density at radius 2 is 1.63 bits per heavy atom. The summed E-state index contributed by atoms with van der Waals surface area (Å²) >= 11 is 5.52. The van der Waals surface area contributed by atoms with E-state index in [0.717, 1.165) is 24.8 Å². The number of ether oxygens (including phenoxy) is 2. The van der Waals surface area contributed by atoms with E-state index in [4.69, 9.17) is 21.7 Å². The van der Waals surface area contributed by atoms with E-state index in [9.17, 15) is 14.4 Å². The molecule has 1 unspecified atom stereocenters. The van der Waals surface area contributed by atoms with Gasteiger partial charge in [-0.2, -0.15) is 0 Å². The van der Waals surface area contributed by atoms with Crippen molar-refractivity contribution in [2.24, 2.45) is 0 Å². The topological polar surface area (TPSA) is 97.0 Å². The molecule has 0 aliphatic carbocycles. The molecule has 0 radical (unpaired) electrons. The van der Waals surface area contributed by atoms with Crippen LogP contribution in [0.3, 0.4) is 0 Å². The van der Waals surface area contributed by atoms with Crippen LogP contribution in [0.4, 0.5) is 0 Å². The number of unbranched alkanes of at least 4 members (excludes halogenated alkanes) is 7. The fourth-order valence-electron chi connectivity index (χ4n) is 4.74. The van der Waals surface area contributed by atoms with Gasteiger partial charge in [0.05, 0.1) is 25.2 Å². The van der Waals surface area contributed by atoms with E-state index in [2.05, 4.69) is 17.6 Å². The van der Waals surface area contributed by atoms with E-state index in [-0.39, 0.29) is 17.4 Å². The number of amides is 2. The lowest BCUT2D eigenvalue weighted by Crippen LogP contribution is -2.60. The molecular weight excluding hydrogens is 538 g/mol. The SMILES string of the molecule is CCCCCCCCCCOC(=O)CC1C(=O)NCCN1C(=S)NC(=O)c1ccccc1OCCc1ccccc1. The van der Waals surface area contributed by atoms with Crippen molar-refractivity contribution in [2.75, 3.05) is 26.3 Å². The third kappa shape index (κ3) is 11.1. The molecule has 1 heterocycles. The van der Waals surface area contributed by atoms with Gasteiger partial charge in [-0.05, 0) is 36.3 Å². The number of thiocarbonyl (C=S) groups is 1. The molecule has 0 spiro atoms. The van der Waals surface area contributed by atoms with Crippen molar-refractivity contribution in [1.29, 1.82) is 0 Å². The summed E-state index contributed by atoms with van der Waals surface area (Å²) in [4.78, 5) is 40.0. The first-order valence-corrected chi connectivity index (χ1v) is 15.2. The molecule has 222 valence electrons. The van der Waals surface area contributed by atoms with Crippen molar-refractivity contribution in [3.8, 4) is 5.75 Å². The van der Waals surface area contributed by atoms with Crippen LogP contribution >= 0.6 is 12.2 Å². The zero-order valence-corrected chi connectivity index (χ0v) is 24.9. The molecular formula is C32H43N3O5S. The van der Waals surface area contributed by atoms with Gasteiger partial charge in [0.15, 0.2) is 5.11 Å². The summed E-state index contributed by atoms with van der Waals surface area (Å²) in [6, 6.07) is 16.1. The van der Waals surface area contributed by atoms with E-state index < -0.39 is 17.9 Å². The third-order valence-corrected chi connectivity index (χ3v) is 7.39. The molecule has 0 bridgehead atoms. The third-order valence-electron chi connectivity index (χ3n) is 7.06. The van der Waals surface area contributed by atoms with E-state index in [0.29, 0.717) is 44.0 Å². The van der Waals surface area contributed by atoms with Crippen molar-refractivity contribution >= 4 is 35.1 Å². The van der Waals surface area contributed by atoms with Crippen LogP contribution in [0.15, 0.2) is 54.6 Å². The average molecular weight is 582 g/mol. The van der Waals surface area contributed by atoms with Gasteiger partial charge in [0, 0.05) is 19.5 Å². The fourth-order valence-corrected chi connectivity index (χ4v) is 5.05. The van der Waals surface area contributed by atoms with Crippen molar-refractivity contribution in [2.45, 2.75) is 77.2 Å². The highest BCUT2D eigenvalue weighted by Gasteiger charge is 2.34. The van der Waals surface area contributed by atoms with Gasteiger partial charge < -0.3 is 19.7 Å². The largest absolute Gasteiger partial charge is 0.492 e. The molecule has 1 aliphatic heterocycles. The first-order valence-electron chi connectivity index (χ1n) is 14.8. The second-order valence-electron chi connectivity index (χ2n) is 10.2. The van der Waals surface area contributed by atoms with Crippen LogP contribution in [-0.4, -0.2) is 60.1 Å². The summed E-state index contributed by atoms with van der Waals surface area (Å²) in [5.74, 6) is -0.763. The molecule has 2 N–H and O–H groups in total. The second-order valence-corrected chi connectivity index (χ2v) is 10.6. The monoisotopic (exact) mass is 581 g/mol. The number of nitrogens with zero attached hydrogens (tertiary/aromatic N) is 1. The Bertz CT molecular complexity index is 1130. The van der Waals surface area contributed by atoms with Crippen LogP contribution in [0.1, 0.15) is 80.6 Å². The van der Waals surface area contributed by atoms with Crippen LogP contribution in [0.5, 0.6) is 5.75 Å². The lowest BCUT2D eigenvalue weighted by molar-refractivity contribution is -0.147. The second kappa shape index (κ2) is 18.1. The molecule has 1 aliphatic rings. The van der Waals surface area contributed by atoms with E-state index >= 15 is 0 Å². The van der Waals surface area contributed by atoms with Gasteiger partial charge in [0.25, 0.3) is 5.91 Å². The fraction of sp³-hybridized carbons (Fsp3) is 0.500. The lowest BCUT2D eigenvalue weighted by Gasteiger charge is -2.36. The van der Waals surface area contributed by atoms with Gasteiger partial charge in [-0.1, -0.05) is 94.3 Å². The molecule has 2 aromatic carbocycles. The number of carbonyl (C=O) groups excluding carboxylic acids is 3. The maximum Gasteiger partial charge on any atom is 0.308 e. The summed E-state index contributed by atoms with van der Waals surface area (Å²) < 4.78 is 11.3. The van der Waals surface area contributed by atoms with Gasteiger partial charge >= 0.3 is 5.97 Å². The van der Waals surface area contributed by atoms with E-state index in [1.165, 1.54) is 32.1 Å². The van der Waals surface area contributed by atoms with Gasteiger partial charge in [0.1, 0.15) is 11.8 Å². The smallest absolute Gasteiger partial charge is 0.308 e. The molecule has 8 nitrogen and oxygen atoms in total. The molecule has 9 heteroatoms. The van der Waals surface area contributed by atoms with Crippen molar-refractivity contribution in [1.82, 2.24) is 15.5 Å². The molecule has 2 aromatic rings. The van der Waals surface area contributed by atoms with E-state index in [1.807, 2.05) is 30.3 Å². The predicted octanol–water partition coefficient (Wildman–Crippen LogP) is 5.20. The Morgan fingerprint density at radius 1 is 0.951 bits per heavy atom. The number of hydrogen-bond donors (Lipinski definition) is 2. The highest BCUT2D eigenvalue weighted by atomic mass is 32.1. The van der Waals surface area contributed by atoms with Gasteiger partial charge in [-0.25, -0.2) is 0 Å². The Kier molecular flexibility index (Phi) is 14.1. The maximum atomic E-state index is 13.2. The quantitative estimate of drug-likeness (QED) is 0.160. The minimum absolute atomic E-state index is 0.0878. The lowest BCUT2D eigenvalue weighted by atomic mass is 10.1. The Labute approximate surface area is 249 Å². The van der Waals surface area contributed by atoms with Crippen LogP contribution in [0, 0.1) is 0 Å². The summed E-state index contributed by atoms with van der Waals surface area (Å²) in [7, 11) is 0. The normalized spacial score (nSPS) is 14.7. The van der Waals surface area contributed by atoms with Crippen LogP contribution in [0.2, 0.25) is 0 Å². The number of nitrogens with one attached hydrogen (secondary N) is 2. The number of esters is 1. The number of piperazine rings is 1. The molecule has 1 atom stereocenters. The summed E-state index contributed by atoms with van der Waals surface area (Å²) in [5.41, 5.74) is 1.48. The molecule has 1 saturated heterocycles. The van der Waals surface area contributed by atoms with Crippen LogP contribution in [0.25, 0.3) is 0 Å². The van der Waals surface area contributed by atoms with Crippen LogP contribution in [-0.2, 0) is 20.7 Å². The van der Waals surface area contributed by atoms with Gasteiger partial charge in [-0.15, -0.1) is 0 Å². The number of carbonyl (C=O) groups is 3. The Hall–Kier alpha value is -3.46. The first-order chi connectivity index (χ1) is 20.0. The summed E-state index contributed by atoms with van der Waals surface area (Å²) in [6.07, 6.45) is 9.78. The maximum absolute atomic E-state index is 13.2. The number of hydrogen-bond acceptors (Lipinski definition) is 6. The highest BCUT2D eigenvalue weighted by molar-refractivity contribution is 7.80. The standard InChI is InChI=1S/C32H43N3O5S/c1-2-3-4-5-6-7-8-14-22-40-29(36)24-27-31(38)33-20-21-35(27)32(41)34-30(37)26-17-12-13-18-28(26)39-23-19-25-15-10-9-11-16-25/h9-13,15-18,27H,2-8,14,19-24H2,1H3,(H,33,38)(H,34,37,41). The van der Waals surface area contributed by atoms with Gasteiger partial charge in [-0.3, -0.25) is 19.7 Å². The molecule has 0 aromatic heterocycles. The van der Waals surface area contributed by atoms with Crippen molar-refractivity contribution < 1.29 is 23.9 Å². The average Bonchev–Trinajstić information content (AvgIpc) is 2.98. The number of rotatable bonds is 16. The first kappa shape index (κ1) is 32.1. The molecule has 1 fully saturated rings. The Morgan fingerprint density at radius 3 is 2.39 bits per heavy atom.